The third kappa shape index (κ3) is 2.49. The molecule has 1 aromatic carbocycles. The van der Waals surface area contributed by atoms with E-state index >= 15 is 0 Å². The quantitative estimate of drug-likeness (QED) is 0.543. The molecule has 0 bridgehead atoms. The molecule has 24 heavy (non-hydrogen) atoms. The van der Waals surface area contributed by atoms with E-state index in [-0.39, 0.29) is 5.69 Å². The minimum Gasteiger partial charge on any atom is -0.366 e. The number of hydrogen-bond donors (Lipinski definition) is 1. The first-order chi connectivity index (χ1) is 11.3. The van der Waals surface area contributed by atoms with Gasteiger partial charge in [0.05, 0.1) is 28.6 Å². The van der Waals surface area contributed by atoms with Gasteiger partial charge in [0.1, 0.15) is 0 Å². The number of nitro groups is 1. The minimum absolute atomic E-state index is 0.207. The van der Waals surface area contributed by atoms with Gasteiger partial charge in [-0.3, -0.25) is 10.1 Å². The fraction of sp³-hybridized carbons (Fsp3) is 0.100. The second kappa shape index (κ2) is 5.25. The van der Waals surface area contributed by atoms with Gasteiger partial charge in [0, 0.05) is 6.07 Å². The molecule has 0 aliphatic rings. The molecular weight excluding hydrogens is 335 g/mol. The van der Waals surface area contributed by atoms with Crippen molar-refractivity contribution >= 4 is 11.6 Å². The van der Waals surface area contributed by atoms with Crippen LogP contribution in [0.4, 0.5) is 24.8 Å². The lowest BCUT2D eigenvalue weighted by atomic mass is 10.1. The van der Waals surface area contributed by atoms with Gasteiger partial charge in [0.25, 0.3) is 5.69 Å². The number of anilines is 1. The Morgan fingerprint density at radius 2 is 2.00 bits per heavy atom. The summed E-state index contributed by atoms with van der Waals surface area (Å²) in [6.07, 6.45) is -2.48. The average molecular weight is 341 g/mol. The molecule has 3 aromatic rings. The molecule has 0 atom stereocenters. The predicted molar refractivity (Wildman–Crippen MR) is 70.1 cm³/mol. The number of nitrogens with two attached hydrogens (primary N) is 1. The van der Waals surface area contributed by atoms with Crippen molar-refractivity contribution in [2.75, 3.05) is 5.73 Å². The van der Waals surface area contributed by atoms with Crippen LogP contribution in [0, 0.1) is 10.1 Å². The third-order valence-corrected chi connectivity index (χ3v) is 2.97. The highest BCUT2D eigenvalue weighted by Gasteiger charge is 2.40. The first kappa shape index (κ1) is 15.3. The van der Waals surface area contributed by atoms with Crippen LogP contribution in [-0.4, -0.2) is 40.1 Å². The molecule has 14 heteroatoms. The molecule has 3 rings (SSSR count). The lowest BCUT2D eigenvalue weighted by molar-refractivity contribution is -0.384. The Kier molecular flexibility index (Phi) is 3.35. The fourth-order valence-corrected chi connectivity index (χ4v) is 2.01. The fourth-order valence-electron chi connectivity index (χ4n) is 2.01. The molecule has 2 N–H and O–H groups in total. The molecule has 0 radical (unpaired) electrons. The smallest absolute Gasteiger partial charge is 0.366 e. The van der Waals surface area contributed by atoms with Crippen molar-refractivity contribution < 1.29 is 18.1 Å². The molecule has 0 aliphatic heterocycles. The second-order valence-electron chi connectivity index (χ2n) is 4.41. The van der Waals surface area contributed by atoms with Crippen LogP contribution in [0.3, 0.4) is 0 Å². The van der Waals surface area contributed by atoms with E-state index < -0.39 is 34.0 Å². The van der Waals surface area contributed by atoms with Crippen LogP contribution in [0.2, 0.25) is 0 Å². The number of nitro benzene ring substituents is 1. The Morgan fingerprint density at radius 1 is 1.25 bits per heavy atom. The van der Waals surface area contributed by atoms with E-state index in [1.807, 2.05) is 0 Å². The number of tetrazole rings is 1. The van der Waals surface area contributed by atoms with Gasteiger partial charge in [-0.15, -0.1) is 5.10 Å². The number of alkyl halides is 3. The van der Waals surface area contributed by atoms with E-state index in [1.165, 1.54) is 12.4 Å². The van der Waals surface area contributed by atoms with Crippen molar-refractivity contribution in [1.29, 1.82) is 0 Å². The molecule has 0 amide bonds. The number of hydrogen-bond acceptors (Lipinski definition) is 8. The monoisotopic (exact) mass is 341 g/mol. The van der Waals surface area contributed by atoms with E-state index in [9.17, 15) is 23.3 Å². The van der Waals surface area contributed by atoms with Crippen LogP contribution in [0.25, 0.3) is 11.4 Å². The highest BCUT2D eigenvalue weighted by atomic mass is 19.4. The zero-order chi connectivity index (χ0) is 17.5. The zero-order valence-electron chi connectivity index (χ0n) is 11.4. The molecule has 0 unspecified atom stereocenters. The predicted octanol–water partition coefficient (Wildman–Crippen LogP) is 0.752. The van der Waals surface area contributed by atoms with Crippen molar-refractivity contribution in [3.8, 4) is 11.4 Å². The number of nitrogen functional groups attached to an aromatic ring is 1. The van der Waals surface area contributed by atoms with E-state index in [0.29, 0.717) is 10.7 Å². The molecule has 0 saturated heterocycles. The Balaban J connectivity index is 2.39. The number of halogens is 3. The molecule has 11 nitrogen and oxygen atoms in total. The van der Waals surface area contributed by atoms with Crippen molar-refractivity contribution in [3.05, 3.63) is 40.2 Å². The van der Waals surface area contributed by atoms with Gasteiger partial charge in [0.15, 0.2) is 5.69 Å². The Labute approximate surface area is 129 Å². The maximum atomic E-state index is 13.4. The van der Waals surface area contributed by atoms with Gasteiger partial charge < -0.3 is 5.73 Å². The summed E-state index contributed by atoms with van der Waals surface area (Å²) in [7, 11) is 0. The Bertz CT molecular complexity index is 903. The van der Waals surface area contributed by atoms with Crippen LogP contribution >= 0.6 is 0 Å². The van der Waals surface area contributed by atoms with Gasteiger partial charge in [-0.2, -0.15) is 17.9 Å². The SMILES string of the molecule is Nc1nnnn1-c1c([N+](=O)[O-])cc(-n2ccnn2)cc1C(F)(F)F. The molecule has 0 spiro atoms. The Hall–Kier alpha value is -3.58. The van der Waals surface area contributed by atoms with Crippen molar-refractivity contribution in [1.82, 2.24) is 35.2 Å². The van der Waals surface area contributed by atoms with Crippen LogP contribution in [-0.2, 0) is 6.18 Å². The zero-order valence-corrected chi connectivity index (χ0v) is 11.4. The molecular formula is C10H6F3N9O2. The van der Waals surface area contributed by atoms with Crippen molar-refractivity contribution in [3.63, 3.8) is 0 Å². The third-order valence-electron chi connectivity index (χ3n) is 2.97. The summed E-state index contributed by atoms with van der Waals surface area (Å²) in [5.41, 5.74) is 2.06. The van der Waals surface area contributed by atoms with Crippen molar-refractivity contribution in [2.45, 2.75) is 6.18 Å². The standard InChI is InChI=1S/C10H6F3N9O2/c11-10(12,13)6-3-5(20-2-1-15-18-20)4-7(22(23)24)8(6)21-9(14)16-17-19-21/h1-4H,(H2,14,16,19). The number of benzene rings is 1. The maximum Gasteiger partial charge on any atom is 0.418 e. The van der Waals surface area contributed by atoms with Gasteiger partial charge in [-0.25, -0.2) is 4.68 Å². The topological polar surface area (TPSA) is 143 Å². The summed E-state index contributed by atoms with van der Waals surface area (Å²) in [4.78, 5) is 10.3. The summed E-state index contributed by atoms with van der Waals surface area (Å²) in [6.45, 7) is 0. The number of rotatable bonds is 3. The molecule has 0 aliphatic carbocycles. The lowest BCUT2D eigenvalue weighted by Gasteiger charge is -2.14. The molecule has 2 aromatic heterocycles. The summed E-state index contributed by atoms with van der Waals surface area (Å²) in [6, 6.07) is 1.55. The van der Waals surface area contributed by atoms with Gasteiger partial charge >= 0.3 is 6.18 Å². The summed E-state index contributed by atoms with van der Waals surface area (Å²) >= 11 is 0. The minimum atomic E-state index is -4.94. The molecule has 124 valence electrons. The number of aromatic nitrogens is 7. The van der Waals surface area contributed by atoms with Gasteiger partial charge in [-0.05, 0) is 16.5 Å². The van der Waals surface area contributed by atoms with E-state index in [0.717, 1.165) is 10.7 Å². The van der Waals surface area contributed by atoms with E-state index in [1.54, 1.807) is 0 Å². The van der Waals surface area contributed by atoms with Gasteiger partial charge in [-0.1, -0.05) is 10.3 Å². The van der Waals surface area contributed by atoms with Crippen molar-refractivity contribution in [2.24, 2.45) is 0 Å². The van der Waals surface area contributed by atoms with Crippen LogP contribution < -0.4 is 5.73 Å². The molecule has 0 saturated carbocycles. The molecule has 2 heterocycles. The largest absolute Gasteiger partial charge is 0.418 e. The number of nitrogens with zero attached hydrogens (tertiary/aromatic N) is 8. The Morgan fingerprint density at radius 3 is 2.50 bits per heavy atom. The highest BCUT2D eigenvalue weighted by molar-refractivity contribution is 5.64. The second-order valence-corrected chi connectivity index (χ2v) is 4.41. The van der Waals surface area contributed by atoms with Crippen LogP contribution in [0.5, 0.6) is 0 Å². The summed E-state index contributed by atoms with van der Waals surface area (Å²) < 4.78 is 41.7. The van der Waals surface area contributed by atoms with Gasteiger partial charge in [0.2, 0.25) is 5.95 Å². The normalized spacial score (nSPS) is 11.6. The summed E-state index contributed by atoms with van der Waals surface area (Å²) in [5.74, 6) is -0.530. The van der Waals surface area contributed by atoms with Crippen LogP contribution in [0.15, 0.2) is 24.5 Å². The summed E-state index contributed by atoms with van der Waals surface area (Å²) in [5, 5.41) is 27.9. The highest BCUT2D eigenvalue weighted by Crippen LogP contribution is 2.40. The first-order valence-corrected chi connectivity index (χ1v) is 6.09. The lowest BCUT2D eigenvalue weighted by Crippen LogP contribution is -2.16. The molecule has 0 fully saturated rings. The van der Waals surface area contributed by atoms with E-state index in [4.69, 9.17) is 5.73 Å². The van der Waals surface area contributed by atoms with Crippen LogP contribution in [0.1, 0.15) is 5.56 Å². The first-order valence-electron chi connectivity index (χ1n) is 6.09. The van der Waals surface area contributed by atoms with E-state index in [2.05, 4.69) is 25.8 Å². The average Bonchev–Trinajstić information content (AvgIpc) is 3.16. The maximum absolute atomic E-state index is 13.4.